The molecule has 0 aliphatic carbocycles. The average molecular weight is 331 g/mol. The second kappa shape index (κ2) is 6.24. The number of hydrogen-bond acceptors (Lipinski definition) is 3. The van der Waals surface area contributed by atoms with E-state index in [1.807, 2.05) is 0 Å². The highest BCUT2D eigenvalue weighted by molar-refractivity contribution is 7.90. The molecule has 0 aromatic heterocycles. The molecule has 0 radical (unpaired) electrons. The fourth-order valence-electron chi connectivity index (χ4n) is 1.43. The van der Waals surface area contributed by atoms with Gasteiger partial charge in [-0.3, -0.25) is 0 Å². The zero-order valence-corrected chi connectivity index (χ0v) is 12.0. The first kappa shape index (κ1) is 15.5. The van der Waals surface area contributed by atoms with Gasteiger partial charge in [0.1, 0.15) is 5.75 Å². The fourth-order valence-corrected chi connectivity index (χ4v) is 2.30. The van der Waals surface area contributed by atoms with E-state index in [4.69, 9.17) is 11.6 Å². The number of rotatable bonds is 4. The molecule has 110 valence electrons. The monoisotopic (exact) mass is 330 g/mol. The van der Waals surface area contributed by atoms with Crippen molar-refractivity contribution in [1.82, 2.24) is 0 Å². The van der Waals surface area contributed by atoms with E-state index in [9.17, 15) is 17.2 Å². The molecular formula is C14H9ClF2O3S. The van der Waals surface area contributed by atoms with E-state index in [0.29, 0.717) is 16.7 Å². The molecule has 2 aromatic carbocycles. The van der Waals surface area contributed by atoms with Gasteiger partial charge in [-0.2, -0.15) is 8.42 Å². The first-order chi connectivity index (χ1) is 9.85. The normalized spacial score (nSPS) is 11.8. The fraction of sp³-hybridized carbons (Fsp3) is 0. The second-order valence-electron chi connectivity index (χ2n) is 4.01. The van der Waals surface area contributed by atoms with Crippen LogP contribution in [0.4, 0.5) is 8.78 Å². The summed E-state index contributed by atoms with van der Waals surface area (Å²) < 4.78 is 53.7. The Kier molecular flexibility index (Phi) is 4.59. The zero-order valence-electron chi connectivity index (χ0n) is 10.5. The molecule has 0 spiro atoms. The maximum absolute atomic E-state index is 13.0. The third kappa shape index (κ3) is 4.54. The highest BCUT2D eigenvalue weighted by Crippen LogP contribution is 2.18. The average Bonchev–Trinajstić information content (AvgIpc) is 2.42. The van der Waals surface area contributed by atoms with E-state index < -0.39 is 21.8 Å². The van der Waals surface area contributed by atoms with Gasteiger partial charge in [0.15, 0.2) is 11.6 Å². The minimum atomic E-state index is -4.08. The zero-order chi connectivity index (χ0) is 15.5. The summed E-state index contributed by atoms with van der Waals surface area (Å²) in [6, 6.07) is 8.89. The van der Waals surface area contributed by atoms with Crippen LogP contribution in [0.25, 0.3) is 6.08 Å². The van der Waals surface area contributed by atoms with E-state index in [1.54, 1.807) is 24.3 Å². The molecule has 7 heteroatoms. The summed E-state index contributed by atoms with van der Waals surface area (Å²) in [7, 11) is -4.08. The lowest BCUT2D eigenvalue weighted by Gasteiger charge is -2.03. The highest BCUT2D eigenvalue weighted by Gasteiger charge is 2.10. The van der Waals surface area contributed by atoms with Crippen molar-refractivity contribution >= 4 is 27.8 Å². The summed E-state index contributed by atoms with van der Waals surface area (Å²) >= 11 is 5.70. The molecule has 0 aliphatic rings. The number of halogens is 3. The molecule has 0 saturated carbocycles. The van der Waals surface area contributed by atoms with Gasteiger partial charge < -0.3 is 4.18 Å². The van der Waals surface area contributed by atoms with E-state index in [1.165, 1.54) is 6.08 Å². The van der Waals surface area contributed by atoms with E-state index in [2.05, 4.69) is 4.18 Å². The quantitative estimate of drug-likeness (QED) is 0.796. The molecule has 0 amide bonds. The Labute approximate surface area is 125 Å². The lowest BCUT2D eigenvalue weighted by molar-refractivity contribution is 0.479. The Morgan fingerprint density at radius 3 is 2.29 bits per heavy atom. The van der Waals surface area contributed by atoms with Crippen molar-refractivity contribution < 1.29 is 21.4 Å². The van der Waals surface area contributed by atoms with Crippen LogP contribution in [0.5, 0.6) is 5.75 Å². The van der Waals surface area contributed by atoms with Crippen LogP contribution in [0, 0.1) is 11.6 Å². The van der Waals surface area contributed by atoms with Crippen molar-refractivity contribution in [2.75, 3.05) is 0 Å². The Bertz CT molecular complexity index is 771. The summed E-state index contributed by atoms with van der Waals surface area (Å²) in [6.45, 7) is 0. The van der Waals surface area contributed by atoms with Gasteiger partial charge in [0, 0.05) is 11.1 Å². The maximum atomic E-state index is 13.0. The molecule has 0 heterocycles. The van der Waals surface area contributed by atoms with Crippen LogP contribution in [-0.4, -0.2) is 8.42 Å². The van der Waals surface area contributed by atoms with Crippen LogP contribution in [0.2, 0.25) is 5.02 Å². The van der Waals surface area contributed by atoms with Crippen LogP contribution < -0.4 is 4.18 Å². The minimum absolute atomic E-state index is 0.311. The molecule has 0 fully saturated rings. The van der Waals surface area contributed by atoms with Gasteiger partial charge in [-0.25, -0.2) is 8.78 Å². The van der Waals surface area contributed by atoms with Gasteiger partial charge in [0.2, 0.25) is 0 Å². The lowest BCUT2D eigenvalue weighted by atomic mass is 10.2. The predicted octanol–water partition coefficient (Wildman–Crippen LogP) is 4.00. The summed E-state index contributed by atoms with van der Waals surface area (Å²) in [4.78, 5) is 0. The van der Waals surface area contributed by atoms with Crippen molar-refractivity contribution in [3.05, 3.63) is 70.1 Å². The molecule has 3 nitrogen and oxygen atoms in total. The van der Waals surface area contributed by atoms with Gasteiger partial charge in [-0.1, -0.05) is 23.7 Å². The second-order valence-corrected chi connectivity index (χ2v) is 5.87. The third-order valence-corrected chi connectivity index (χ3v) is 3.55. The van der Waals surface area contributed by atoms with Gasteiger partial charge in [0.25, 0.3) is 0 Å². The number of benzene rings is 2. The van der Waals surface area contributed by atoms with E-state index >= 15 is 0 Å². The summed E-state index contributed by atoms with van der Waals surface area (Å²) in [5.41, 5.74) is 0.594. The molecule has 0 aliphatic heterocycles. The van der Waals surface area contributed by atoms with Crippen LogP contribution in [0.1, 0.15) is 5.56 Å². The molecule has 2 rings (SSSR count). The largest absolute Gasteiger partial charge is 0.379 e. The third-order valence-electron chi connectivity index (χ3n) is 2.40. The Balaban J connectivity index is 2.14. The Morgan fingerprint density at radius 1 is 1.00 bits per heavy atom. The van der Waals surface area contributed by atoms with E-state index in [0.717, 1.165) is 17.5 Å². The Morgan fingerprint density at radius 2 is 1.67 bits per heavy atom. The summed E-state index contributed by atoms with van der Waals surface area (Å²) in [5, 5.41) is 1.34. The summed E-state index contributed by atoms with van der Waals surface area (Å²) in [6.07, 6.45) is 1.30. The van der Waals surface area contributed by atoms with E-state index in [-0.39, 0.29) is 5.75 Å². The van der Waals surface area contributed by atoms with Gasteiger partial charge in [-0.05, 0) is 35.9 Å². The molecule has 0 saturated heterocycles. The van der Waals surface area contributed by atoms with Crippen LogP contribution in [0.15, 0.2) is 47.9 Å². The predicted molar refractivity (Wildman–Crippen MR) is 76.4 cm³/mol. The van der Waals surface area contributed by atoms with Crippen molar-refractivity contribution in [3.63, 3.8) is 0 Å². The smallest absolute Gasteiger partial charge is 0.332 e. The topological polar surface area (TPSA) is 43.4 Å². The molecule has 0 unspecified atom stereocenters. The molecule has 0 atom stereocenters. The van der Waals surface area contributed by atoms with Crippen LogP contribution in [-0.2, 0) is 10.1 Å². The van der Waals surface area contributed by atoms with Crippen LogP contribution >= 0.6 is 11.6 Å². The maximum Gasteiger partial charge on any atom is 0.332 e. The SMILES string of the molecule is O=S(=O)(/C=C\c1ccc(Cl)cc1)Oc1ccc(F)c(F)c1. The minimum Gasteiger partial charge on any atom is -0.379 e. The van der Waals surface area contributed by atoms with Crippen molar-refractivity contribution in [3.8, 4) is 5.75 Å². The van der Waals surface area contributed by atoms with Gasteiger partial charge in [0.05, 0.1) is 5.41 Å². The molecule has 0 bridgehead atoms. The van der Waals surface area contributed by atoms with Crippen molar-refractivity contribution in [2.45, 2.75) is 0 Å². The first-order valence-corrected chi connectivity index (χ1v) is 7.54. The standard InChI is InChI=1S/C14H9ClF2O3S/c15-11-3-1-10(2-4-11)7-8-21(18,19)20-12-5-6-13(16)14(17)9-12/h1-9H/b8-7-. The first-order valence-electron chi connectivity index (χ1n) is 5.69. The lowest BCUT2D eigenvalue weighted by Crippen LogP contribution is -2.05. The molecular weight excluding hydrogens is 322 g/mol. The summed E-state index contributed by atoms with van der Waals surface area (Å²) in [5.74, 6) is -2.59. The van der Waals surface area contributed by atoms with Crippen molar-refractivity contribution in [2.24, 2.45) is 0 Å². The van der Waals surface area contributed by atoms with Crippen molar-refractivity contribution in [1.29, 1.82) is 0 Å². The molecule has 21 heavy (non-hydrogen) atoms. The molecule has 0 N–H and O–H groups in total. The number of hydrogen-bond donors (Lipinski definition) is 0. The van der Waals surface area contributed by atoms with Gasteiger partial charge >= 0.3 is 10.1 Å². The highest BCUT2D eigenvalue weighted by atomic mass is 35.5. The van der Waals surface area contributed by atoms with Crippen LogP contribution in [0.3, 0.4) is 0 Å². The Hall–Kier alpha value is -1.92. The molecule has 2 aromatic rings. The van der Waals surface area contributed by atoms with Gasteiger partial charge in [-0.15, -0.1) is 0 Å².